The van der Waals surface area contributed by atoms with Crippen molar-refractivity contribution in [1.29, 1.82) is 10.8 Å². The third-order valence-electron chi connectivity index (χ3n) is 6.99. The minimum absolute atomic E-state index is 0.135. The third-order valence-corrected chi connectivity index (χ3v) is 8.93. The van der Waals surface area contributed by atoms with E-state index in [1.807, 2.05) is 19.1 Å². The predicted molar refractivity (Wildman–Crippen MR) is 172 cm³/mol. The van der Waals surface area contributed by atoms with Crippen molar-refractivity contribution in [2.45, 2.75) is 44.4 Å². The Balaban J connectivity index is 1.46. The molecule has 2 aromatic carbocycles. The summed E-state index contributed by atoms with van der Waals surface area (Å²) < 4.78 is 22.0. The van der Waals surface area contributed by atoms with E-state index < -0.39 is 16.9 Å². The molecule has 3 heterocycles. The van der Waals surface area contributed by atoms with Gasteiger partial charge in [0, 0.05) is 59.5 Å². The monoisotopic (exact) mass is 615 g/mol. The Labute approximate surface area is 257 Å². The van der Waals surface area contributed by atoms with Gasteiger partial charge in [0.05, 0.1) is 35.0 Å². The summed E-state index contributed by atoms with van der Waals surface area (Å²) in [5.74, 6) is -0.413. The van der Waals surface area contributed by atoms with Gasteiger partial charge < -0.3 is 25.6 Å². The molecule has 1 fully saturated rings. The highest BCUT2D eigenvalue weighted by molar-refractivity contribution is 7.86. The summed E-state index contributed by atoms with van der Waals surface area (Å²) in [7, 11) is -1.63. The van der Waals surface area contributed by atoms with Crippen molar-refractivity contribution < 1.29 is 13.7 Å². The number of morpholine rings is 1. The van der Waals surface area contributed by atoms with Crippen molar-refractivity contribution in [1.82, 2.24) is 14.9 Å². The van der Waals surface area contributed by atoms with Crippen LogP contribution < -0.4 is 10.0 Å². The van der Waals surface area contributed by atoms with E-state index >= 15 is 0 Å². The number of amides is 1. The second-order valence-corrected chi connectivity index (χ2v) is 12.5. The number of aromatic nitrogens is 2. The Bertz CT molecular complexity index is 1670. The van der Waals surface area contributed by atoms with E-state index in [4.69, 9.17) is 15.6 Å². The first-order chi connectivity index (χ1) is 20.7. The SMILES string of the molecule is Cc1ncc(-c2cc(NC(=O)c3csc(CN4C[C@@H](C)O[C@@H](C)C4)n3)c(C=N)c(NS(=O)c3ccccc3)c2)cc1C=N. The maximum atomic E-state index is 13.4. The summed E-state index contributed by atoms with van der Waals surface area (Å²) in [5, 5.41) is 21.4. The normalized spacial score (nSPS) is 17.7. The highest BCUT2D eigenvalue weighted by Crippen LogP contribution is 2.33. The standard InChI is InChI=1S/C31H33N7O3S2/c1-19-15-38(16-20(2)41-19)17-30-35-29(18-42-30)31(39)36-27-10-22(24-9-23(12-32)21(3)34-14-24)11-28(26(27)13-33)37-43(40)25-7-5-4-6-8-25/h4-14,18-20,32-33,37H,15-17H2,1-3H3,(H,36,39)/t19-,20+,43?. The molecule has 43 heavy (non-hydrogen) atoms. The van der Waals surface area contributed by atoms with Gasteiger partial charge in [-0.3, -0.25) is 14.7 Å². The van der Waals surface area contributed by atoms with Crippen LogP contribution in [0, 0.1) is 17.7 Å². The first-order valence-corrected chi connectivity index (χ1v) is 15.8. The lowest BCUT2D eigenvalue weighted by atomic mass is 10.00. The van der Waals surface area contributed by atoms with Crippen LogP contribution >= 0.6 is 11.3 Å². The van der Waals surface area contributed by atoms with Gasteiger partial charge in [-0.25, -0.2) is 9.19 Å². The summed E-state index contributed by atoms with van der Waals surface area (Å²) >= 11 is 1.43. The first kappa shape index (κ1) is 30.4. The molecule has 4 N–H and O–H groups in total. The fourth-order valence-electron chi connectivity index (χ4n) is 5.00. The van der Waals surface area contributed by atoms with Crippen LogP contribution in [0.2, 0.25) is 0 Å². The fourth-order valence-corrected chi connectivity index (χ4v) is 6.71. The number of hydrogen-bond donors (Lipinski definition) is 4. The van der Waals surface area contributed by atoms with Crippen LogP contribution in [0.5, 0.6) is 0 Å². The van der Waals surface area contributed by atoms with Crippen LogP contribution in [-0.2, 0) is 22.3 Å². The van der Waals surface area contributed by atoms with Crippen LogP contribution in [0.1, 0.15) is 46.2 Å². The van der Waals surface area contributed by atoms with Crippen LogP contribution in [0.4, 0.5) is 11.4 Å². The first-order valence-electron chi connectivity index (χ1n) is 13.8. The molecule has 1 aliphatic heterocycles. The molecule has 2 aromatic heterocycles. The Morgan fingerprint density at radius 3 is 2.51 bits per heavy atom. The molecule has 1 unspecified atom stereocenters. The summed E-state index contributed by atoms with van der Waals surface area (Å²) in [6.07, 6.45) is 4.31. The Morgan fingerprint density at radius 2 is 1.81 bits per heavy atom. The number of aryl methyl sites for hydroxylation is 1. The van der Waals surface area contributed by atoms with E-state index in [2.05, 4.69) is 38.8 Å². The topological polar surface area (TPSA) is 144 Å². The molecular formula is C31H33N7O3S2. The molecule has 0 radical (unpaired) electrons. The number of nitrogens with zero attached hydrogens (tertiary/aromatic N) is 3. The highest BCUT2D eigenvalue weighted by atomic mass is 32.2. The third kappa shape index (κ3) is 7.28. The Hall–Kier alpha value is -4.10. The van der Waals surface area contributed by atoms with E-state index in [9.17, 15) is 9.00 Å². The van der Waals surface area contributed by atoms with Crippen LogP contribution in [-0.4, -0.2) is 62.7 Å². The zero-order chi connectivity index (χ0) is 30.5. The van der Waals surface area contributed by atoms with Gasteiger partial charge in [-0.2, -0.15) is 0 Å². The summed E-state index contributed by atoms with van der Waals surface area (Å²) in [4.78, 5) is 25.3. The number of nitrogens with one attached hydrogen (secondary N) is 4. The molecular weight excluding hydrogens is 583 g/mol. The van der Waals surface area contributed by atoms with Crippen molar-refractivity contribution in [3.8, 4) is 11.1 Å². The van der Waals surface area contributed by atoms with Crippen molar-refractivity contribution in [3.05, 3.63) is 87.6 Å². The van der Waals surface area contributed by atoms with Gasteiger partial charge in [-0.05, 0) is 56.7 Å². The maximum absolute atomic E-state index is 13.4. The molecule has 1 amide bonds. The number of carbonyl (C=O) groups excluding carboxylic acids is 1. The molecule has 0 saturated carbocycles. The van der Waals surface area contributed by atoms with Gasteiger partial charge in [0.1, 0.15) is 21.7 Å². The Kier molecular flexibility index (Phi) is 9.51. The molecule has 0 aliphatic carbocycles. The minimum atomic E-state index is -1.63. The quantitative estimate of drug-likeness (QED) is 0.173. The highest BCUT2D eigenvalue weighted by Gasteiger charge is 2.24. The van der Waals surface area contributed by atoms with Gasteiger partial charge in [0.15, 0.2) is 0 Å². The molecule has 0 spiro atoms. The average Bonchev–Trinajstić information content (AvgIpc) is 3.46. The van der Waals surface area contributed by atoms with Gasteiger partial charge in [0.2, 0.25) is 0 Å². The predicted octanol–water partition coefficient (Wildman–Crippen LogP) is 5.51. The molecule has 5 rings (SSSR count). The molecule has 222 valence electrons. The van der Waals surface area contributed by atoms with Crippen LogP contribution in [0.15, 0.2) is 65.0 Å². The average molecular weight is 616 g/mol. The largest absolute Gasteiger partial charge is 0.373 e. The lowest BCUT2D eigenvalue weighted by Crippen LogP contribution is -2.44. The van der Waals surface area contributed by atoms with E-state index in [0.717, 1.165) is 24.3 Å². The van der Waals surface area contributed by atoms with E-state index in [-0.39, 0.29) is 17.9 Å². The van der Waals surface area contributed by atoms with Crippen molar-refractivity contribution in [2.75, 3.05) is 23.1 Å². The Morgan fingerprint density at radius 1 is 1.09 bits per heavy atom. The van der Waals surface area contributed by atoms with Gasteiger partial charge in [0.25, 0.3) is 5.91 Å². The number of rotatable bonds is 10. The molecule has 10 nitrogen and oxygen atoms in total. The second-order valence-electron chi connectivity index (χ2n) is 10.4. The van der Waals surface area contributed by atoms with Crippen molar-refractivity contribution in [2.24, 2.45) is 0 Å². The summed E-state index contributed by atoms with van der Waals surface area (Å²) in [6.45, 7) is 8.16. The molecule has 3 atom stereocenters. The van der Waals surface area contributed by atoms with Crippen LogP contribution in [0.25, 0.3) is 11.1 Å². The van der Waals surface area contributed by atoms with Crippen molar-refractivity contribution in [3.63, 3.8) is 0 Å². The maximum Gasteiger partial charge on any atom is 0.275 e. The number of carbonyl (C=O) groups is 1. The van der Waals surface area contributed by atoms with Crippen molar-refractivity contribution >= 4 is 52.0 Å². The number of hydrogen-bond acceptors (Lipinski definition) is 9. The lowest BCUT2D eigenvalue weighted by Gasteiger charge is -2.34. The lowest BCUT2D eigenvalue weighted by molar-refractivity contribution is -0.0705. The fraction of sp³-hybridized carbons (Fsp3) is 0.258. The number of ether oxygens (including phenoxy) is 1. The number of pyridine rings is 1. The van der Waals surface area contributed by atoms with E-state index in [1.54, 1.807) is 48.0 Å². The van der Waals surface area contributed by atoms with Gasteiger partial charge in [-0.1, -0.05) is 18.2 Å². The molecule has 1 aliphatic rings. The molecule has 12 heteroatoms. The number of anilines is 2. The number of benzene rings is 2. The van der Waals surface area contributed by atoms with Gasteiger partial charge in [-0.15, -0.1) is 11.3 Å². The molecule has 4 aromatic rings. The smallest absolute Gasteiger partial charge is 0.275 e. The molecule has 1 saturated heterocycles. The summed E-state index contributed by atoms with van der Waals surface area (Å²) in [5.41, 5.74) is 4.13. The second kappa shape index (κ2) is 13.5. The van der Waals surface area contributed by atoms with Gasteiger partial charge >= 0.3 is 0 Å². The van der Waals surface area contributed by atoms with E-state index in [1.165, 1.54) is 17.6 Å². The number of thiazole rings is 1. The molecule has 0 bridgehead atoms. The van der Waals surface area contributed by atoms with E-state index in [0.29, 0.717) is 50.8 Å². The minimum Gasteiger partial charge on any atom is -0.373 e. The van der Waals surface area contributed by atoms with Crippen LogP contribution in [0.3, 0.4) is 0 Å². The zero-order valence-electron chi connectivity index (χ0n) is 24.1. The zero-order valence-corrected chi connectivity index (χ0v) is 25.7. The summed E-state index contributed by atoms with van der Waals surface area (Å²) in [6, 6.07) is 14.3.